The van der Waals surface area contributed by atoms with Gasteiger partial charge in [-0.05, 0) is 54.1 Å². The van der Waals surface area contributed by atoms with Gasteiger partial charge in [0, 0.05) is 23.0 Å². The lowest BCUT2D eigenvalue weighted by Crippen LogP contribution is -2.18. The molecule has 8 heteroatoms. The van der Waals surface area contributed by atoms with E-state index < -0.39 is 0 Å². The first kappa shape index (κ1) is 24.6. The molecule has 1 aliphatic carbocycles. The molecule has 2 heterocycles. The van der Waals surface area contributed by atoms with E-state index in [4.69, 9.17) is 4.74 Å². The molecule has 4 aromatic rings. The number of carbonyl (C=O) groups is 1. The fourth-order valence-corrected chi connectivity index (χ4v) is 6.03. The first-order valence-electron chi connectivity index (χ1n) is 12.4. The Morgan fingerprint density at radius 2 is 1.81 bits per heavy atom. The van der Waals surface area contributed by atoms with E-state index in [0.717, 1.165) is 47.2 Å². The third-order valence-corrected chi connectivity index (χ3v) is 8.13. The minimum absolute atomic E-state index is 0.0593. The highest BCUT2D eigenvalue weighted by molar-refractivity contribution is 7.99. The zero-order valence-electron chi connectivity index (χ0n) is 20.1. The predicted molar refractivity (Wildman–Crippen MR) is 146 cm³/mol. The molecule has 2 aromatic carbocycles. The number of anilines is 1. The van der Waals surface area contributed by atoms with Crippen molar-refractivity contribution in [3.05, 3.63) is 88.4 Å². The fourth-order valence-electron chi connectivity index (χ4n) is 4.50. The Bertz CT molecular complexity index is 1230. The summed E-state index contributed by atoms with van der Waals surface area (Å²) in [5.41, 5.74) is 1.87. The van der Waals surface area contributed by atoms with Crippen molar-refractivity contribution in [1.29, 1.82) is 0 Å². The van der Waals surface area contributed by atoms with Gasteiger partial charge in [0.2, 0.25) is 5.91 Å². The number of hydrogen-bond acceptors (Lipinski definition) is 6. The molecule has 0 aliphatic heterocycles. The van der Waals surface area contributed by atoms with Gasteiger partial charge in [0.1, 0.15) is 18.2 Å². The third-order valence-electron chi connectivity index (χ3n) is 6.31. The van der Waals surface area contributed by atoms with Crippen LogP contribution in [-0.4, -0.2) is 26.4 Å². The number of benzene rings is 2. The standard InChI is InChI=1S/C28H30N4O2S2/c33-27(29-22-13-15-24(16-14-22)34-19-21-8-3-1-4-9-21)20-36-28-31-30-26(18-25-12-7-17-35-25)32(28)23-10-5-2-6-11-23/h1,3-4,7-9,12-17,23H,2,5-6,10-11,18-20H2,(H,29,33). The van der Waals surface area contributed by atoms with E-state index in [1.54, 1.807) is 11.3 Å². The Hall–Kier alpha value is -3.10. The molecule has 1 amide bonds. The maximum atomic E-state index is 12.7. The number of hydrogen-bond donors (Lipinski definition) is 1. The molecule has 1 saturated carbocycles. The molecule has 0 saturated heterocycles. The summed E-state index contributed by atoms with van der Waals surface area (Å²) >= 11 is 3.21. The van der Waals surface area contributed by atoms with E-state index in [1.165, 1.54) is 35.9 Å². The molecule has 5 rings (SSSR count). The highest BCUT2D eigenvalue weighted by atomic mass is 32.2. The molecule has 1 aliphatic rings. The smallest absolute Gasteiger partial charge is 0.234 e. The lowest BCUT2D eigenvalue weighted by molar-refractivity contribution is -0.113. The topological polar surface area (TPSA) is 69.0 Å². The number of carbonyl (C=O) groups excluding carboxylic acids is 1. The van der Waals surface area contributed by atoms with Crippen molar-refractivity contribution in [2.45, 2.75) is 56.3 Å². The van der Waals surface area contributed by atoms with Crippen molar-refractivity contribution in [2.75, 3.05) is 11.1 Å². The molecule has 36 heavy (non-hydrogen) atoms. The van der Waals surface area contributed by atoms with Gasteiger partial charge in [-0.3, -0.25) is 4.79 Å². The molecule has 0 unspecified atom stereocenters. The normalized spacial score (nSPS) is 14.0. The van der Waals surface area contributed by atoms with Crippen molar-refractivity contribution >= 4 is 34.7 Å². The number of thiophene rings is 1. The average Bonchev–Trinajstić information content (AvgIpc) is 3.58. The SMILES string of the molecule is O=C(CSc1nnc(Cc2cccs2)n1C1CCCCC1)Nc1ccc(OCc2ccccc2)cc1. The van der Waals surface area contributed by atoms with Crippen LogP contribution < -0.4 is 10.1 Å². The van der Waals surface area contributed by atoms with Crippen molar-refractivity contribution in [3.8, 4) is 5.75 Å². The highest BCUT2D eigenvalue weighted by Gasteiger charge is 2.23. The van der Waals surface area contributed by atoms with Crippen molar-refractivity contribution in [3.63, 3.8) is 0 Å². The van der Waals surface area contributed by atoms with E-state index >= 15 is 0 Å². The van der Waals surface area contributed by atoms with Crippen LogP contribution >= 0.6 is 23.1 Å². The Kier molecular flexibility index (Phi) is 8.35. The molecule has 2 aromatic heterocycles. The Balaban J connectivity index is 1.17. The predicted octanol–water partition coefficient (Wildman–Crippen LogP) is 6.75. The molecule has 6 nitrogen and oxygen atoms in total. The summed E-state index contributed by atoms with van der Waals surface area (Å²) in [4.78, 5) is 14.0. The minimum Gasteiger partial charge on any atom is -0.489 e. The van der Waals surface area contributed by atoms with E-state index in [-0.39, 0.29) is 11.7 Å². The minimum atomic E-state index is -0.0593. The first-order valence-corrected chi connectivity index (χ1v) is 14.3. The van der Waals surface area contributed by atoms with Gasteiger partial charge in [-0.15, -0.1) is 21.5 Å². The molecule has 186 valence electrons. The van der Waals surface area contributed by atoms with Crippen LogP contribution in [0.1, 0.15) is 54.4 Å². The zero-order valence-corrected chi connectivity index (χ0v) is 21.8. The summed E-state index contributed by atoms with van der Waals surface area (Å²) in [5, 5.41) is 14.9. The number of aromatic nitrogens is 3. The van der Waals surface area contributed by atoms with Gasteiger partial charge in [0.05, 0.1) is 5.75 Å². The van der Waals surface area contributed by atoms with Crippen LogP contribution in [0, 0.1) is 0 Å². The van der Waals surface area contributed by atoms with Gasteiger partial charge in [-0.2, -0.15) is 0 Å². The summed E-state index contributed by atoms with van der Waals surface area (Å²) in [6.07, 6.45) is 6.84. The number of rotatable bonds is 10. The van der Waals surface area contributed by atoms with Gasteiger partial charge < -0.3 is 14.6 Å². The van der Waals surface area contributed by atoms with Crippen LogP contribution in [0.2, 0.25) is 0 Å². The first-order chi connectivity index (χ1) is 17.7. The van der Waals surface area contributed by atoms with E-state index in [9.17, 15) is 4.79 Å². The number of thioether (sulfide) groups is 1. The van der Waals surface area contributed by atoms with Crippen LogP contribution in [0.3, 0.4) is 0 Å². The van der Waals surface area contributed by atoms with Gasteiger partial charge in [0.15, 0.2) is 5.16 Å². The van der Waals surface area contributed by atoms with E-state index in [1.807, 2.05) is 54.6 Å². The van der Waals surface area contributed by atoms with Gasteiger partial charge in [-0.1, -0.05) is 67.4 Å². The molecular weight excluding hydrogens is 488 g/mol. The summed E-state index contributed by atoms with van der Waals surface area (Å²) in [6, 6.07) is 22.2. The molecule has 1 fully saturated rings. The highest BCUT2D eigenvalue weighted by Crippen LogP contribution is 2.33. The number of ether oxygens (including phenoxy) is 1. The summed E-state index contributed by atoms with van der Waals surface area (Å²) in [7, 11) is 0. The number of nitrogens with zero attached hydrogens (tertiary/aromatic N) is 3. The Morgan fingerprint density at radius 3 is 2.56 bits per heavy atom. The van der Waals surface area contributed by atoms with Crippen LogP contribution in [0.4, 0.5) is 5.69 Å². The summed E-state index contributed by atoms with van der Waals surface area (Å²) in [6.45, 7) is 0.513. The maximum absolute atomic E-state index is 12.7. The molecular formula is C28H30N4O2S2. The van der Waals surface area contributed by atoms with Crippen LogP contribution in [-0.2, 0) is 17.8 Å². The molecule has 1 N–H and O–H groups in total. The molecule has 0 bridgehead atoms. The fraction of sp³-hybridized carbons (Fsp3) is 0.321. The second kappa shape index (κ2) is 12.2. The van der Waals surface area contributed by atoms with Gasteiger partial charge >= 0.3 is 0 Å². The maximum Gasteiger partial charge on any atom is 0.234 e. The monoisotopic (exact) mass is 518 g/mol. The largest absolute Gasteiger partial charge is 0.489 e. The number of amides is 1. The number of nitrogens with one attached hydrogen (secondary N) is 1. The second-order valence-electron chi connectivity index (χ2n) is 8.95. The molecule has 0 radical (unpaired) electrons. The van der Waals surface area contributed by atoms with Crippen LogP contribution in [0.15, 0.2) is 77.3 Å². The molecule has 0 spiro atoms. The lowest BCUT2D eigenvalue weighted by atomic mass is 9.95. The van der Waals surface area contributed by atoms with E-state index in [0.29, 0.717) is 12.6 Å². The summed E-state index contributed by atoms with van der Waals surface area (Å²) in [5.74, 6) is 2.00. The van der Waals surface area contributed by atoms with Gasteiger partial charge in [-0.25, -0.2) is 0 Å². The Labute approximate surface area is 220 Å². The zero-order chi connectivity index (χ0) is 24.6. The van der Waals surface area contributed by atoms with Crippen molar-refractivity contribution in [2.24, 2.45) is 0 Å². The molecule has 0 atom stereocenters. The summed E-state index contributed by atoms with van der Waals surface area (Å²) < 4.78 is 8.14. The van der Waals surface area contributed by atoms with Crippen LogP contribution in [0.25, 0.3) is 0 Å². The van der Waals surface area contributed by atoms with Crippen molar-refractivity contribution < 1.29 is 9.53 Å². The average molecular weight is 519 g/mol. The van der Waals surface area contributed by atoms with Crippen LogP contribution in [0.5, 0.6) is 5.75 Å². The second-order valence-corrected chi connectivity index (χ2v) is 10.9. The third kappa shape index (κ3) is 6.56. The Morgan fingerprint density at radius 1 is 1.00 bits per heavy atom. The lowest BCUT2D eigenvalue weighted by Gasteiger charge is -2.25. The van der Waals surface area contributed by atoms with E-state index in [2.05, 4.69) is 37.6 Å². The van der Waals surface area contributed by atoms with Crippen molar-refractivity contribution in [1.82, 2.24) is 14.8 Å². The quantitative estimate of drug-likeness (QED) is 0.235. The van der Waals surface area contributed by atoms with Gasteiger partial charge in [0.25, 0.3) is 0 Å².